The van der Waals surface area contributed by atoms with Crippen molar-refractivity contribution in [2.24, 2.45) is 5.92 Å². The maximum Gasteiger partial charge on any atom is 0.259 e. The lowest BCUT2D eigenvalue weighted by Gasteiger charge is -2.15. The predicted molar refractivity (Wildman–Crippen MR) is 80.5 cm³/mol. The average Bonchev–Trinajstić information content (AvgIpc) is 2.80. The number of carbonyl (C=O) groups is 1. The normalized spacial score (nSPS) is 17.6. The lowest BCUT2D eigenvalue weighted by atomic mass is 9.93. The molecular formula is C14H14ClN3OS. The number of nitrogens with one attached hydrogen (secondary N) is 1. The van der Waals surface area contributed by atoms with Crippen molar-refractivity contribution in [2.45, 2.75) is 26.2 Å². The first-order valence-corrected chi connectivity index (χ1v) is 7.73. The van der Waals surface area contributed by atoms with Crippen molar-refractivity contribution in [2.75, 3.05) is 5.32 Å². The molecule has 104 valence electrons. The molecule has 0 saturated carbocycles. The van der Waals surface area contributed by atoms with Crippen LogP contribution in [-0.2, 0) is 12.8 Å². The summed E-state index contributed by atoms with van der Waals surface area (Å²) in [5, 5.41) is 3.88. The highest BCUT2D eigenvalue weighted by Crippen LogP contribution is 2.32. The van der Waals surface area contributed by atoms with Crippen LogP contribution in [-0.4, -0.2) is 15.9 Å². The van der Waals surface area contributed by atoms with Crippen molar-refractivity contribution >= 4 is 34.0 Å². The van der Waals surface area contributed by atoms with Crippen molar-refractivity contribution in [1.29, 1.82) is 0 Å². The Balaban J connectivity index is 1.75. The molecule has 2 heterocycles. The van der Waals surface area contributed by atoms with E-state index < -0.39 is 0 Å². The number of aryl methyl sites for hydroxylation is 1. The van der Waals surface area contributed by atoms with Crippen LogP contribution in [0.1, 0.15) is 34.3 Å². The molecule has 0 bridgehead atoms. The number of anilines is 1. The molecule has 1 aliphatic rings. The van der Waals surface area contributed by atoms with Crippen molar-refractivity contribution in [3.63, 3.8) is 0 Å². The molecule has 1 atom stereocenters. The predicted octanol–water partition coefficient (Wildman–Crippen LogP) is 3.57. The Kier molecular flexibility index (Phi) is 3.72. The second-order valence-corrected chi connectivity index (χ2v) is 6.53. The van der Waals surface area contributed by atoms with Crippen LogP contribution in [0.3, 0.4) is 0 Å². The number of carbonyl (C=O) groups excluding carboxylic acids is 1. The van der Waals surface area contributed by atoms with Crippen LogP contribution in [0.5, 0.6) is 0 Å². The standard InChI is InChI=1S/C14H14ClN3OS/c1-8-2-4-10-11(6-8)20-14(17-10)18-13(19)9-3-5-12(15)16-7-9/h3,5,7-8H,2,4,6H2,1H3,(H,17,18,19). The van der Waals surface area contributed by atoms with Crippen molar-refractivity contribution in [1.82, 2.24) is 9.97 Å². The lowest BCUT2D eigenvalue weighted by Crippen LogP contribution is -2.12. The van der Waals surface area contributed by atoms with Gasteiger partial charge in [0.05, 0.1) is 11.3 Å². The minimum absolute atomic E-state index is 0.201. The molecule has 1 N–H and O–H groups in total. The van der Waals surface area contributed by atoms with Gasteiger partial charge in [0.15, 0.2) is 5.13 Å². The summed E-state index contributed by atoms with van der Waals surface area (Å²) in [4.78, 5) is 21.8. The minimum Gasteiger partial charge on any atom is -0.298 e. The maximum absolute atomic E-state index is 12.1. The first-order chi connectivity index (χ1) is 9.61. The molecule has 1 amide bonds. The summed E-state index contributed by atoms with van der Waals surface area (Å²) in [6.07, 6.45) is 4.70. The van der Waals surface area contributed by atoms with Crippen molar-refractivity contribution in [3.05, 3.63) is 39.6 Å². The van der Waals surface area contributed by atoms with E-state index in [9.17, 15) is 4.79 Å². The molecule has 20 heavy (non-hydrogen) atoms. The second-order valence-electron chi connectivity index (χ2n) is 5.06. The molecule has 1 aliphatic carbocycles. The molecule has 0 radical (unpaired) electrons. The van der Waals surface area contributed by atoms with Gasteiger partial charge in [-0.25, -0.2) is 9.97 Å². The first kappa shape index (κ1) is 13.5. The van der Waals surface area contributed by atoms with E-state index in [4.69, 9.17) is 11.6 Å². The van der Waals surface area contributed by atoms with E-state index >= 15 is 0 Å². The summed E-state index contributed by atoms with van der Waals surface area (Å²) < 4.78 is 0. The third-order valence-electron chi connectivity index (χ3n) is 3.40. The van der Waals surface area contributed by atoms with Gasteiger partial charge in [0.25, 0.3) is 5.91 Å². The van der Waals surface area contributed by atoms with Crippen LogP contribution < -0.4 is 5.32 Å². The van der Waals surface area contributed by atoms with Crippen molar-refractivity contribution < 1.29 is 4.79 Å². The average molecular weight is 308 g/mol. The molecule has 2 aromatic heterocycles. The Hall–Kier alpha value is -1.46. The van der Waals surface area contributed by atoms with Gasteiger partial charge < -0.3 is 0 Å². The quantitative estimate of drug-likeness (QED) is 0.863. The van der Waals surface area contributed by atoms with Crippen LogP contribution in [0.25, 0.3) is 0 Å². The van der Waals surface area contributed by atoms with E-state index in [2.05, 4.69) is 22.2 Å². The summed E-state index contributed by atoms with van der Waals surface area (Å²) in [7, 11) is 0. The highest BCUT2D eigenvalue weighted by atomic mass is 35.5. The zero-order valence-corrected chi connectivity index (χ0v) is 12.6. The van der Waals surface area contributed by atoms with E-state index in [0.29, 0.717) is 21.8 Å². The number of pyridine rings is 1. The number of aromatic nitrogens is 2. The van der Waals surface area contributed by atoms with Crippen LogP contribution in [0.4, 0.5) is 5.13 Å². The minimum atomic E-state index is -0.201. The molecule has 0 spiro atoms. The molecular weight excluding hydrogens is 294 g/mol. The summed E-state index contributed by atoms with van der Waals surface area (Å²) in [6, 6.07) is 3.26. The molecule has 0 fully saturated rings. The molecule has 1 unspecified atom stereocenters. The third kappa shape index (κ3) is 2.83. The molecule has 0 aliphatic heterocycles. The fourth-order valence-corrected chi connectivity index (χ4v) is 3.55. The van der Waals surface area contributed by atoms with Gasteiger partial charge in [-0.15, -0.1) is 11.3 Å². The highest BCUT2D eigenvalue weighted by molar-refractivity contribution is 7.15. The Morgan fingerprint density at radius 2 is 2.35 bits per heavy atom. The largest absolute Gasteiger partial charge is 0.298 e. The molecule has 6 heteroatoms. The fourth-order valence-electron chi connectivity index (χ4n) is 2.27. The molecule has 0 aromatic carbocycles. The Morgan fingerprint density at radius 3 is 3.10 bits per heavy atom. The van der Waals surface area contributed by atoms with E-state index in [1.807, 2.05) is 0 Å². The summed E-state index contributed by atoms with van der Waals surface area (Å²) in [6.45, 7) is 2.25. The van der Waals surface area contributed by atoms with E-state index in [0.717, 1.165) is 18.5 Å². The number of rotatable bonds is 2. The first-order valence-electron chi connectivity index (χ1n) is 6.53. The van der Waals surface area contributed by atoms with Crippen LogP contribution in [0, 0.1) is 5.92 Å². The topological polar surface area (TPSA) is 54.9 Å². The zero-order chi connectivity index (χ0) is 14.1. The molecule has 2 aromatic rings. The molecule has 3 rings (SSSR count). The SMILES string of the molecule is CC1CCc2nc(NC(=O)c3ccc(Cl)nc3)sc2C1. The molecule has 4 nitrogen and oxygen atoms in total. The van der Waals surface area contributed by atoms with Crippen molar-refractivity contribution in [3.8, 4) is 0 Å². The van der Waals surface area contributed by atoms with E-state index in [1.165, 1.54) is 17.5 Å². The molecule has 0 saturated heterocycles. The Morgan fingerprint density at radius 1 is 1.50 bits per heavy atom. The van der Waals surface area contributed by atoms with Gasteiger partial charge in [0, 0.05) is 11.1 Å². The summed E-state index contributed by atoms with van der Waals surface area (Å²) >= 11 is 7.28. The monoisotopic (exact) mass is 307 g/mol. The number of hydrogen-bond donors (Lipinski definition) is 1. The third-order valence-corrected chi connectivity index (χ3v) is 4.66. The van der Waals surface area contributed by atoms with Crippen LogP contribution in [0.15, 0.2) is 18.3 Å². The maximum atomic E-state index is 12.1. The van der Waals surface area contributed by atoms with E-state index in [-0.39, 0.29) is 5.91 Å². The van der Waals surface area contributed by atoms with Gasteiger partial charge in [0.1, 0.15) is 5.15 Å². The number of thiazole rings is 1. The summed E-state index contributed by atoms with van der Waals surface area (Å²) in [5.41, 5.74) is 1.62. The Bertz CT molecular complexity index is 638. The zero-order valence-electron chi connectivity index (χ0n) is 11.0. The van der Waals surface area contributed by atoms with Gasteiger partial charge in [0.2, 0.25) is 0 Å². The lowest BCUT2D eigenvalue weighted by molar-refractivity contribution is 0.102. The van der Waals surface area contributed by atoms with Gasteiger partial charge in [-0.05, 0) is 37.3 Å². The van der Waals surface area contributed by atoms with Gasteiger partial charge in [-0.1, -0.05) is 18.5 Å². The van der Waals surface area contributed by atoms with Crippen LogP contribution >= 0.6 is 22.9 Å². The fraction of sp³-hybridized carbons (Fsp3) is 0.357. The van der Waals surface area contributed by atoms with Gasteiger partial charge in [-0.3, -0.25) is 10.1 Å². The number of halogens is 1. The highest BCUT2D eigenvalue weighted by Gasteiger charge is 2.20. The van der Waals surface area contributed by atoms with Gasteiger partial charge in [-0.2, -0.15) is 0 Å². The number of amides is 1. The second kappa shape index (κ2) is 5.50. The number of hydrogen-bond acceptors (Lipinski definition) is 4. The number of fused-ring (bicyclic) bond motifs is 1. The summed E-state index contributed by atoms with van der Waals surface area (Å²) in [5.74, 6) is 0.500. The smallest absolute Gasteiger partial charge is 0.259 e. The van der Waals surface area contributed by atoms with E-state index in [1.54, 1.807) is 23.5 Å². The van der Waals surface area contributed by atoms with Gasteiger partial charge >= 0.3 is 0 Å². The number of nitrogens with zero attached hydrogens (tertiary/aromatic N) is 2. The van der Waals surface area contributed by atoms with Crippen LogP contribution in [0.2, 0.25) is 5.15 Å². The Labute approximate surface area is 126 Å².